The van der Waals surface area contributed by atoms with E-state index in [0.29, 0.717) is 5.02 Å². The van der Waals surface area contributed by atoms with Crippen molar-refractivity contribution in [3.8, 4) is 5.75 Å². The fraction of sp³-hybridized carbons (Fsp3) is 0.136. The third-order valence-corrected chi connectivity index (χ3v) is 6.93. The minimum atomic E-state index is -0.350. The summed E-state index contributed by atoms with van der Waals surface area (Å²) in [6, 6.07) is 20.2. The Kier molecular flexibility index (Phi) is 5.23. The Bertz CT molecular complexity index is 1130. The standard InChI is InChI=1S/C22H14Br3ClN2O/c23-14-6-4-12(5-7-14)19-11-20-17-9-15(24)10-18(25)21(17)29-22(28(20)27-19)13-2-1-3-16(26)8-13/h1-10,20,22H,11H2/t20-,22-/m1/s1. The molecule has 7 heteroatoms. The van der Waals surface area contributed by atoms with Gasteiger partial charge in [0, 0.05) is 31.5 Å². The van der Waals surface area contributed by atoms with E-state index in [0.717, 1.165) is 48.0 Å². The SMILES string of the molecule is Clc1cccc([C@H]2Oc3c(Br)cc(Br)cc3[C@H]3CC(c4ccc(Br)cc4)=NN32)c1. The number of nitrogens with zero attached hydrogens (tertiary/aromatic N) is 2. The first-order valence-corrected chi connectivity index (χ1v) is 11.8. The highest BCUT2D eigenvalue weighted by atomic mass is 79.9. The number of hydrogen-bond donors (Lipinski definition) is 0. The maximum absolute atomic E-state index is 6.46. The lowest BCUT2D eigenvalue weighted by atomic mass is 9.96. The van der Waals surface area contributed by atoms with Crippen molar-refractivity contribution in [2.45, 2.75) is 18.7 Å². The molecule has 0 bridgehead atoms. The Morgan fingerprint density at radius 3 is 2.52 bits per heavy atom. The largest absolute Gasteiger partial charge is 0.463 e. The molecule has 0 unspecified atom stereocenters. The Morgan fingerprint density at radius 2 is 1.76 bits per heavy atom. The molecule has 0 radical (unpaired) electrons. The summed E-state index contributed by atoms with van der Waals surface area (Å²) in [4.78, 5) is 0. The van der Waals surface area contributed by atoms with Crippen LogP contribution in [0, 0.1) is 0 Å². The van der Waals surface area contributed by atoms with Gasteiger partial charge >= 0.3 is 0 Å². The second-order valence-electron chi connectivity index (χ2n) is 6.98. The third kappa shape index (κ3) is 3.65. The summed E-state index contributed by atoms with van der Waals surface area (Å²) in [5, 5.41) is 7.73. The second kappa shape index (κ2) is 7.73. The molecule has 3 aromatic carbocycles. The fourth-order valence-electron chi connectivity index (χ4n) is 3.81. The number of fused-ring (bicyclic) bond motifs is 3. The predicted octanol–water partition coefficient (Wildman–Crippen LogP) is 7.87. The topological polar surface area (TPSA) is 24.8 Å². The van der Waals surface area contributed by atoms with Gasteiger partial charge in [-0.3, -0.25) is 0 Å². The van der Waals surface area contributed by atoms with Crippen molar-refractivity contribution in [3.63, 3.8) is 0 Å². The van der Waals surface area contributed by atoms with Gasteiger partial charge in [-0.05, 0) is 57.9 Å². The molecule has 5 rings (SSSR count). The van der Waals surface area contributed by atoms with Crippen LogP contribution in [0.4, 0.5) is 0 Å². The van der Waals surface area contributed by atoms with Gasteiger partial charge in [0.15, 0.2) is 0 Å². The van der Waals surface area contributed by atoms with Gasteiger partial charge in [-0.25, -0.2) is 5.01 Å². The quantitative estimate of drug-likeness (QED) is 0.301. The summed E-state index contributed by atoms with van der Waals surface area (Å²) >= 11 is 17.1. The van der Waals surface area contributed by atoms with Gasteiger partial charge in [0.1, 0.15) is 5.75 Å². The maximum Gasteiger partial charge on any atom is 0.213 e. The normalized spacial score (nSPS) is 20.0. The van der Waals surface area contributed by atoms with E-state index in [9.17, 15) is 0 Å². The van der Waals surface area contributed by atoms with Crippen LogP contribution >= 0.6 is 59.4 Å². The van der Waals surface area contributed by atoms with E-state index in [-0.39, 0.29) is 12.3 Å². The lowest BCUT2D eigenvalue weighted by molar-refractivity contribution is -0.0197. The van der Waals surface area contributed by atoms with Gasteiger partial charge in [0.25, 0.3) is 0 Å². The summed E-state index contributed by atoms with van der Waals surface area (Å²) < 4.78 is 9.44. The molecular formula is C22H14Br3ClN2O. The number of rotatable bonds is 2. The predicted molar refractivity (Wildman–Crippen MR) is 127 cm³/mol. The van der Waals surface area contributed by atoms with Crippen molar-refractivity contribution >= 4 is 65.1 Å². The van der Waals surface area contributed by atoms with Crippen molar-refractivity contribution in [1.82, 2.24) is 5.01 Å². The van der Waals surface area contributed by atoms with E-state index in [1.165, 1.54) is 0 Å². The highest BCUT2D eigenvalue weighted by Crippen LogP contribution is 2.51. The first-order chi connectivity index (χ1) is 14.0. The van der Waals surface area contributed by atoms with Crippen LogP contribution in [0.25, 0.3) is 0 Å². The molecule has 0 N–H and O–H groups in total. The number of benzene rings is 3. The van der Waals surface area contributed by atoms with E-state index in [1.807, 2.05) is 42.5 Å². The van der Waals surface area contributed by atoms with E-state index in [4.69, 9.17) is 21.4 Å². The molecule has 0 aliphatic carbocycles. The third-order valence-electron chi connectivity index (χ3n) is 5.12. The molecule has 146 valence electrons. The zero-order valence-electron chi connectivity index (χ0n) is 14.9. The second-order valence-corrected chi connectivity index (χ2v) is 10.1. The lowest BCUT2D eigenvalue weighted by Gasteiger charge is -2.38. The molecule has 3 aromatic rings. The molecule has 3 nitrogen and oxygen atoms in total. The summed E-state index contributed by atoms with van der Waals surface area (Å²) in [5.74, 6) is 0.853. The Balaban J connectivity index is 1.63. The van der Waals surface area contributed by atoms with Gasteiger partial charge in [0.05, 0.1) is 16.2 Å². The van der Waals surface area contributed by atoms with Gasteiger partial charge in [0.2, 0.25) is 6.23 Å². The molecule has 0 fully saturated rings. The molecule has 0 amide bonds. The first-order valence-electron chi connectivity index (χ1n) is 9.02. The van der Waals surface area contributed by atoms with Crippen LogP contribution in [0.2, 0.25) is 5.02 Å². The van der Waals surface area contributed by atoms with Gasteiger partial charge < -0.3 is 4.74 Å². The molecule has 2 heterocycles. The maximum atomic E-state index is 6.46. The van der Waals surface area contributed by atoms with E-state index in [1.54, 1.807) is 0 Å². The molecule has 0 spiro atoms. The molecular weight excluding hydrogens is 583 g/mol. The minimum Gasteiger partial charge on any atom is -0.463 e. The smallest absolute Gasteiger partial charge is 0.213 e. The van der Waals surface area contributed by atoms with Crippen LogP contribution in [0.5, 0.6) is 5.75 Å². The van der Waals surface area contributed by atoms with Crippen LogP contribution in [0.1, 0.15) is 35.4 Å². The number of ether oxygens (including phenoxy) is 1. The van der Waals surface area contributed by atoms with Crippen LogP contribution in [0.3, 0.4) is 0 Å². The molecule has 2 aliphatic rings. The molecule has 2 atom stereocenters. The van der Waals surface area contributed by atoms with Crippen molar-refractivity contribution in [3.05, 3.63) is 95.8 Å². The number of hydrazone groups is 1. The van der Waals surface area contributed by atoms with Crippen molar-refractivity contribution in [2.75, 3.05) is 0 Å². The Morgan fingerprint density at radius 1 is 0.966 bits per heavy atom. The van der Waals surface area contributed by atoms with Crippen LogP contribution in [-0.2, 0) is 0 Å². The van der Waals surface area contributed by atoms with E-state index in [2.05, 4.69) is 71.0 Å². The molecule has 0 saturated carbocycles. The van der Waals surface area contributed by atoms with Crippen LogP contribution in [-0.4, -0.2) is 10.7 Å². The van der Waals surface area contributed by atoms with Gasteiger partial charge in [-0.1, -0.05) is 67.7 Å². The average molecular weight is 598 g/mol. The molecule has 0 saturated heterocycles. The summed E-state index contributed by atoms with van der Waals surface area (Å²) in [6.45, 7) is 0. The minimum absolute atomic E-state index is 0.0789. The van der Waals surface area contributed by atoms with Gasteiger partial charge in [-0.15, -0.1) is 0 Å². The zero-order valence-corrected chi connectivity index (χ0v) is 20.5. The molecule has 0 aromatic heterocycles. The fourth-order valence-corrected chi connectivity index (χ4v) is 5.63. The van der Waals surface area contributed by atoms with Crippen LogP contribution < -0.4 is 4.74 Å². The van der Waals surface area contributed by atoms with E-state index >= 15 is 0 Å². The number of halogens is 4. The summed E-state index contributed by atoms with van der Waals surface area (Å²) in [7, 11) is 0. The zero-order chi connectivity index (χ0) is 20.1. The highest BCUT2D eigenvalue weighted by Gasteiger charge is 2.42. The van der Waals surface area contributed by atoms with Crippen molar-refractivity contribution in [1.29, 1.82) is 0 Å². The van der Waals surface area contributed by atoms with Crippen molar-refractivity contribution < 1.29 is 4.74 Å². The highest BCUT2D eigenvalue weighted by molar-refractivity contribution is 9.11. The Labute approximate surface area is 199 Å². The van der Waals surface area contributed by atoms with E-state index < -0.39 is 0 Å². The summed E-state index contributed by atoms with van der Waals surface area (Å²) in [5.41, 5.74) is 4.24. The average Bonchev–Trinajstić information content (AvgIpc) is 3.14. The number of hydrogen-bond acceptors (Lipinski definition) is 3. The lowest BCUT2D eigenvalue weighted by Crippen LogP contribution is -2.33. The summed E-state index contributed by atoms with van der Waals surface area (Å²) in [6.07, 6.45) is 0.453. The monoisotopic (exact) mass is 594 g/mol. The Hall–Kier alpha value is -1.34. The molecule has 29 heavy (non-hydrogen) atoms. The van der Waals surface area contributed by atoms with Gasteiger partial charge in [-0.2, -0.15) is 5.10 Å². The van der Waals surface area contributed by atoms with Crippen molar-refractivity contribution in [2.24, 2.45) is 5.10 Å². The van der Waals surface area contributed by atoms with Crippen LogP contribution in [0.15, 0.2) is 79.2 Å². The first kappa shape index (κ1) is 19.6. The molecule has 2 aliphatic heterocycles.